The molecule has 1 atom stereocenters. The number of carbonyl (C=O) groups is 1. The Hall–Kier alpha value is -2.66. The molecule has 0 radical (unpaired) electrons. The molecule has 0 N–H and O–H groups in total. The van der Waals surface area contributed by atoms with Crippen LogP contribution in [0.15, 0.2) is 42.6 Å². The van der Waals surface area contributed by atoms with E-state index in [2.05, 4.69) is 65.9 Å². The molecular weight excluding hydrogens is 384 g/mol. The molecule has 2 aromatic heterocycles. The molecule has 3 heterocycles. The van der Waals surface area contributed by atoms with Crippen molar-refractivity contribution in [3.63, 3.8) is 0 Å². The highest BCUT2D eigenvalue weighted by molar-refractivity contribution is 5.94. The topological polar surface area (TPSA) is 40.9 Å². The Morgan fingerprint density at radius 1 is 1.10 bits per heavy atom. The number of fused-ring (bicyclic) bond motifs is 2. The van der Waals surface area contributed by atoms with E-state index in [1.165, 1.54) is 24.0 Å². The number of hydrogen-bond donors (Lipinski definition) is 0. The number of rotatable bonds is 4. The SMILES string of the molecule is Cc1cccn2c(CN(C)[C@H]3CCCc4ccccc43)c(C(=O)N3CCCCC3)nc12. The molecule has 1 aliphatic heterocycles. The van der Waals surface area contributed by atoms with Crippen LogP contribution in [0.5, 0.6) is 0 Å². The van der Waals surface area contributed by atoms with Gasteiger partial charge in [0, 0.05) is 31.9 Å². The minimum absolute atomic E-state index is 0.0928. The minimum Gasteiger partial charge on any atom is -0.337 e. The van der Waals surface area contributed by atoms with Crippen LogP contribution < -0.4 is 0 Å². The highest BCUT2D eigenvalue weighted by atomic mass is 16.2. The maximum absolute atomic E-state index is 13.5. The zero-order valence-corrected chi connectivity index (χ0v) is 18.7. The first-order valence-corrected chi connectivity index (χ1v) is 11.7. The fraction of sp³-hybridized carbons (Fsp3) is 0.462. The number of hydrogen-bond acceptors (Lipinski definition) is 3. The van der Waals surface area contributed by atoms with Gasteiger partial charge < -0.3 is 9.30 Å². The Morgan fingerprint density at radius 3 is 2.74 bits per heavy atom. The summed E-state index contributed by atoms with van der Waals surface area (Å²) in [4.78, 5) is 22.8. The van der Waals surface area contributed by atoms with Crippen LogP contribution in [0.25, 0.3) is 5.65 Å². The molecule has 3 aromatic rings. The van der Waals surface area contributed by atoms with Gasteiger partial charge in [-0.25, -0.2) is 4.98 Å². The van der Waals surface area contributed by atoms with E-state index >= 15 is 0 Å². The van der Waals surface area contributed by atoms with Gasteiger partial charge in [0.05, 0.1) is 5.69 Å². The Kier molecular flexibility index (Phi) is 5.53. The van der Waals surface area contributed by atoms with Gasteiger partial charge in [-0.15, -0.1) is 0 Å². The highest BCUT2D eigenvalue weighted by Crippen LogP contribution is 2.34. The first-order valence-electron chi connectivity index (χ1n) is 11.7. The van der Waals surface area contributed by atoms with E-state index in [0.717, 1.165) is 55.7 Å². The van der Waals surface area contributed by atoms with Gasteiger partial charge in [-0.1, -0.05) is 30.3 Å². The van der Waals surface area contributed by atoms with Crippen LogP contribution in [0.1, 0.15) is 71.0 Å². The molecule has 0 unspecified atom stereocenters. The van der Waals surface area contributed by atoms with Crippen LogP contribution in [0.4, 0.5) is 0 Å². The lowest BCUT2D eigenvalue weighted by molar-refractivity contribution is 0.0716. The normalized spacial score (nSPS) is 19.1. The molecule has 1 aliphatic carbocycles. The molecule has 31 heavy (non-hydrogen) atoms. The van der Waals surface area contributed by atoms with Crippen LogP contribution in [0, 0.1) is 6.92 Å². The standard InChI is InChI=1S/C26H32N4O/c1-19-10-9-17-30-23(24(27-25(19)30)26(31)29-15-6-3-7-16-29)18-28(2)22-14-8-12-20-11-4-5-13-21(20)22/h4-5,9-11,13,17,22H,3,6-8,12,14-16,18H2,1-2H3/t22-/m0/s1. The molecule has 2 aliphatic rings. The van der Waals surface area contributed by atoms with Gasteiger partial charge in [0.15, 0.2) is 5.69 Å². The third kappa shape index (κ3) is 3.76. The number of imidazole rings is 1. The molecule has 162 valence electrons. The quantitative estimate of drug-likeness (QED) is 0.615. The Balaban J connectivity index is 1.51. The summed E-state index contributed by atoms with van der Waals surface area (Å²) >= 11 is 0. The van der Waals surface area contributed by atoms with Crippen LogP contribution in [0.3, 0.4) is 0 Å². The van der Waals surface area contributed by atoms with E-state index in [9.17, 15) is 4.79 Å². The van der Waals surface area contributed by atoms with Crippen molar-refractivity contribution in [3.8, 4) is 0 Å². The zero-order chi connectivity index (χ0) is 21.4. The molecule has 0 spiro atoms. The third-order valence-corrected chi connectivity index (χ3v) is 7.06. The van der Waals surface area contributed by atoms with Crippen LogP contribution in [-0.2, 0) is 13.0 Å². The number of nitrogens with zero attached hydrogens (tertiary/aromatic N) is 4. The lowest BCUT2D eigenvalue weighted by atomic mass is 9.87. The van der Waals surface area contributed by atoms with Crippen molar-refractivity contribution in [2.24, 2.45) is 0 Å². The van der Waals surface area contributed by atoms with Crippen molar-refractivity contribution in [2.75, 3.05) is 20.1 Å². The largest absolute Gasteiger partial charge is 0.337 e. The molecule has 1 saturated heterocycles. The molecule has 5 nitrogen and oxygen atoms in total. The van der Waals surface area contributed by atoms with E-state index in [4.69, 9.17) is 4.98 Å². The summed E-state index contributed by atoms with van der Waals surface area (Å²) < 4.78 is 2.14. The van der Waals surface area contributed by atoms with Crippen molar-refractivity contribution in [1.29, 1.82) is 0 Å². The summed E-state index contributed by atoms with van der Waals surface area (Å²) in [5, 5.41) is 0. The fourth-order valence-electron chi connectivity index (χ4n) is 5.35. The number of benzene rings is 1. The van der Waals surface area contributed by atoms with Gasteiger partial charge in [-0.3, -0.25) is 9.69 Å². The summed E-state index contributed by atoms with van der Waals surface area (Å²) in [6.07, 6.45) is 8.97. The van der Waals surface area contributed by atoms with Gasteiger partial charge >= 0.3 is 0 Å². The molecule has 0 saturated carbocycles. The van der Waals surface area contributed by atoms with Crippen molar-refractivity contribution in [2.45, 2.75) is 58.0 Å². The minimum atomic E-state index is 0.0928. The predicted octanol–water partition coefficient (Wildman–Crippen LogP) is 4.78. The molecule has 0 bridgehead atoms. The van der Waals surface area contributed by atoms with E-state index in [-0.39, 0.29) is 5.91 Å². The van der Waals surface area contributed by atoms with Gasteiger partial charge in [0.2, 0.25) is 0 Å². The van der Waals surface area contributed by atoms with Gasteiger partial charge in [0.25, 0.3) is 5.91 Å². The van der Waals surface area contributed by atoms with Crippen LogP contribution in [0.2, 0.25) is 0 Å². The summed E-state index contributed by atoms with van der Waals surface area (Å²) in [6, 6.07) is 13.3. The van der Waals surface area contributed by atoms with Gasteiger partial charge in [-0.05, 0) is 75.3 Å². The molecule has 1 amide bonds. The van der Waals surface area contributed by atoms with E-state index in [1.54, 1.807) is 0 Å². The van der Waals surface area contributed by atoms with Crippen molar-refractivity contribution in [3.05, 3.63) is 70.7 Å². The third-order valence-electron chi connectivity index (χ3n) is 7.06. The first kappa shape index (κ1) is 20.3. The van der Waals surface area contributed by atoms with E-state index < -0.39 is 0 Å². The number of amides is 1. The summed E-state index contributed by atoms with van der Waals surface area (Å²) in [5.74, 6) is 0.0928. The fourth-order valence-corrected chi connectivity index (χ4v) is 5.35. The highest BCUT2D eigenvalue weighted by Gasteiger charge is 2.29. The number of aryl methyl sites for hydroxylation is 2. The molecule has 5 heteroatoms. The number of carbonyl (C=O) groups excluding carboxylic acids is 1. The number of pyridine rings is 1. The summed E-state index contributed by atoms with van der Waals surface area (Å²) in [5.41, 5.74) is 6.55. The van der Waals surface area contributed by atoms with Crippen molar-refractivity contribution >= 4 is 11.6 Å². The maximum Gasteiger partial charge on any atom is 0.274 e. The summed E-state index contributed by atoms with van der Waals surface area (Å²) in [7, 11) is 2.19. The molecule has 5 rings (SSSR count). The second kappa shape index (κ2) is 8.46. The van der Waals surface area contributed by atoms with Crippen LogP contribution >= 0.6 is 0 Å². The number of aromatic nitrogens is 2. The van der Waals surface area contributed by atoms with Crippen molar-refractivity contribution in [1.82, 2.24) is 19.2 Å². The Labute approximate surface area is 184 Å². The second-order valence-corrected chi connectivity index (χ2v) is 9.17. The molecule has 1 aromatic carbocycles. The average Bonchev–Trinajstić information content (AvgIpc) is 3.18. The smallest absolute Gasteiger partial charge is 0.274 e. The molecule has 1 fully saturated rings. The molecular formula is C26H32N4O. The second-order valence-electron chi connectivity index (χ2n) is 9.17. The zero-order valence-electron chi connectivity index (χ0n) is 18.7. The average molecular weight is 417 g/mol. The van der Waals surface area contributed by atoms with E-state index in [1.807, 2.05) is 4.90 Å². The monoisotopic (exact) mass is 416 g/mol. The Bertz CT molecular complexity index is 1100. The Morgan fingerprint density at radius 2 is 1.90 bits per heavy atom. The lowest BCUT2D eigenvalue weighted by Gasteiger charge is -2.33. The van der Waals surface area contributed by atoms with Gasteiger partial charge in [0.1, 0.15) is 5.65 Å². The predicted molar refractivity (Wildman–Crippen MR) is 123 cm³/mol. The lowest BCUT2D eigenvalue weighted by Crippen LogP contribution is -2.37. The van der Waals surface area contributed by atoms with Crippen molar-refractivity contribution < 1.29 is 4.79 Å². The number of likely N-dealkylation sites (tertiary alicyclic amines) is 1. The summed E-state index contributed by atoms with van der Waals surface area (Å²) in [6.45, 7) is 4.47. The maximum atomic E-state index is 13.5. The van der Waals surface area contributed by atoms with E-state index in [0.29, 0.717) is 18.3 Å². The van der Waals surface area contributed by atoms with Crippen LogP contribution in [-0.4, -0.2) is 45.2 Å². The van der Waals surface area contributed by atoms with Gasteiger partial charge in [-0.2, -0.15) is 0 Å². The first-order chi connectivity index (χ1) is 15.1. The number of piperidine rings is 1.